The lowest BCUT2D eigenvalue weighted by molar-refractivity contribution is -0.128. The number of hydrogen-bond acceptors (Lipinski definition) is 5. The summed E-state index contributed by atoms with van der Waals surface area (Å²) in [6.45, 7) is 0.605. The predicted octanol–water partition coefficient (Wildman–Crippen LogP) is 2.11. The molecule has 1 aliphatic rings. The second-order valence-electron chi connectivity index (χ2n) is 7.20. The second-order valence-corrected chi connectivity index (χ2v) is 7.20. The first-order chi connectivity index (χ1) is 14.6. The first-order valence-corrected chi connectivity index (χ1v) is 9.95. The Bertz CT molecular complexity index is 1010. The highest BCUT2D eigenvalue weighted by Crippen LogP contribution is 2.15. The fourth-order valence-corrected chi connectivity index (χ4v) is 3.45. The van der Waals surface area contributed by atoms with Crippen LogP contribution in [0.15, 0.2) is 47.1 Å². The molecule has 0 saturated carbocycles. The monoisotopic (exact) mass is 409 g/mol. The minimum atomic E-state index is -0.686. The highest BCUT2D eigenvalue weighted by molar-refractivity contribution is 6.04. The summed E-state index contributed by atoms with van der Waals surface area (Å²) in [4.78, 5) is 45.4. The first-order valence-electron chi connectivity index (χ1n) is 9.95. The molecule has 9 heteroatoms. The average molecular weight is 409 g/mol. The summed E-state index contributed by atoms with van der Waals surface area (Å²) in [5.41, 5.74) is 1.93. The van der Waals surface area contributed by atoms with Crippen molar-refractivity contribution in [1.29, 1.82) is 0 Å². The van der Waals surface area contributed by atoms with Gasteiger partial charge in [-0.15, -0.1) is 0 Å². The summed E-state index contributed by atoms with van der Waals surface area (Å²) >= 11 is 0. The van der Waals surface area contributed by atoms with Crippen molar-refractivity contribution in [3.63, 3.8) is 0 Å². The van der Waals surface area contributed by atoms with Crippen molar-refractivity contribution in [1.82, 2.24) is 25.5 Å². The second kappa shape index (κ2) is 8.81. The molecule has 3 aromatic rings. The molecule has 1 fully saturated rings. The van der Waals surface area contributed by atoms with E-state index in [9.17, 15) is 14.4 Å². The van der Waals surface area contributed by atoms with Gasteiger partial charge in [0.1, 0.15) is 17.6 Å². The van der Waals surface area contributed by atoms with Gasteiger partial charge in [-0.1, -0.05) is 12.1 Å². The molecule has 4 rings (SSSR count). The van der Waals surface area contributed by atoms with Gasteiger partial charge in [-0.25, -0.2) is 9.78 Å². The van der Waals surface area contributed by atoms with Crippen LogP contribution in [0.5, 0.6) is 0 Å². The van der Waals surface area contributed by atoms with Crippen LogP contribution < -0.4 is 10.6 Å². The fourth-order valence-electron chi connectivity index (χ4n) is 3.45. The van der Waals surface area contributed by atoms with Gasteiger partial charge in [-0.3, -0.25) is 14.5 Å². The Morgan fingerprint density at radius 1 is 1.20 bits per heavy atom. The Kier molecular flexibility index (Phi) is 5.78. The van der Waals surface area contributed by atoms with Crippen molar-refractivity contribution in [3.8, 4) is 0 Å². The number of para-hydroxylation sites is 2. The largest absolute Gasteiger partial charge is 0.467 e. The van der Waals surface area contributed by atoms with Crippen molar-refractivity contribution < 1.29 is 18.8 Å². The van der Waals surface area contributed by atoms with Crippen LogP contribution >= 0.6 is 0 Å². The number of fused-ring (bicyclic) bond motifs is 1. The molecule has 0 spiro atoms. The standard InChI is InChI=1S/C21H23N5O4/c27-19(22-11-3-8-18-23-15-6-1-2-7-16(15)24-18)10-9-17-20(28)26(21(29)25-17)13-14-5-4-12-30-14/h1-2,4-7,12,17H,3,8-11,13H2,(H,22,27)(H,23,24)(H,25,29). The third kappa shape index (κ3) is 4.51. The lowest BCUT2D eigenvalue weighted by Gasteiger charge is -2.11. The molecule has 0 aliphatic carbocycles. The van der Waals surface area contributed by atoms with Crippen LogP contribution in [-0.2, 0) is 22.6 Å². The van der Waals surface area contributed by atoms with Crippen LogP contribution in [0.4, 0.5) is 4.79 Å². The molecule has 4 amide bonds. The lowest BCUT2D eigenvalue weighted by atomic mass is 10.1. The number of hydrogen-bond donors (Lipinski definition) is 3. The van der Waals surface area contributed by atoms with E-state index in [1.54, 1.807) is 12.1 Å². The zero-order chi connectivity index (χ0) is 20.9. The SMILES string of the molecule is O=C(CCC1NC(=O)N(Cc2ccco2)C1=O)NCCCc1nc2ccccc2[nH]1. The van der Waals surface area contributed by atoms with Gasteiger partial charge in [0.2, 0.25) is 5.91 Å². The molecule has 1 aliphatic heterocycles. The molecule has 1 unspecified atom stereocenters. The predicted molar refractivity (Wildman–Crippen MR) is 108 cm³/mol. The van der Waals surface area contributed by atoms with E-state index >= 15 is 0 Å². The van der Waals surface area contributed by atoms with Crippen LogP contribution in [0, 0.1) is 0 Å². The summed E-state index contributed by atoms with van der Waals surface area (Å²) in [6, 6.07) is 10.1. The minimum Gasteiger partial charge on any atom is -0.467 e. The van der Waals surface area contributed by atoms with E-state index in [-0.39, 0.29) is 31.2 Å². The molecule has 1 atom stereocenters. The number of imide groups is 1. The number of H-pyrrole nitrogens is 1. The van der Waals surface area contributed by atoms with E-state index < -0.39 is 12.1 Å². The molecule has 1 saturated heterocycles. The van der Waals surface area contributed by atoms with E-state index in [0.29, 0.717) is 12.3 Å². The molecule has 0 bridgehead atoms. The Morgan fingerprint density at radius 2 is 2.07 bits per heavy atom. The number of aryl methyl sites for hydroxylation is 1. The Balaban J connectivity index is 1.16. The van der Waals surface area contributed by atoms with Crippen molar-refractivity contribution in [2.45, 2.75) is 38.3 Å². The number of nitrogens with zero attached hydrogens (tertiary/aromatic N) is 2. The number of aromatic amines is 1. The maximum Gasteiger partial charge on any atom is 0.325 e. The molecular weight excluding hydrogens is 386 g/mol. The van der Waals surface area contributed by atoms with E-state index in [4.69, 9.17) is 4.42 Å². The van der Waals surface area contributed by atoms with Gasteiger partial charge in [0.15, 0.2) is 0 Å². The molecule has 0 radical (unpaired) electrons. The number of aromatic nitrogens is 2. The van der Waals surface area contributed by atoms with Crippen LogP contribution in [0.1, 0.15) is 30.8 Å². The van der Waals surface area contributed by atoms with Crippen molar-refractivity contribution >= 4 is 28.9 Å². The average Bonchev–Trinajstić information content (AvgIpc) is 3.46. The maximum absolute atomic E-state index is 12.4. The summed E-state index contributed by atoms with van der Waals surface area (Å²) in [5.74, 6) is 0.933. The first kappa shape index (κ1) is 19.7. The Hall–Kier alpha value is -3.62. The van der Waals surface area contributed by atoms with Gasteiger partial charge < -0.3 is 20.0 Å². The number of carbonyl (C=O) groups is 3. The maximum atomic E-state index is 12.4. The van der Waals surface area contributed by atoms with Crippen LogP contribution in [0.3, 0.4) is 0 Å². The topological polar surface area (TPSA) is 120 Å². The van der Waals surface area contributed by atoms with E-state index in [0.717, 1.165) is 34.6 Å². The number of benzene rings is 1. The quantitative estimate of drug-likeness (QED) is 0.369. The summed E-state index contributed by atoms with van der Waals surface area (Å²) in [5, 5.41) is 5.48. The van der Waals surface area contributed by atoms with Crippen molar-refractivity contribution in [2.24, 2.45) is 0 Å². The number of nitrogens with one attached hydrogen (secondary N) is 3. The summed E-state index contributed by atoms with van der Waals surface area (Å²) in [6.07, 6.45) is 3.39. The van der Waals surface area contributed by atoms with Crippen molar-refractivity contribution in [2.75, 3.05) is 6.54 Å². The zero-order valence-corrected chi connectivity index (χ0v) is 16.4. The smallest absolute Gasteiger partial charge is 0.325 e. The van der Waals surface area contributed by atoms with Crippen LogP contribution in [0.25, 0.3) is 11.0 Å². The van der Waals surface area contributed by atoms with Crippen LogP contribution in [-0.4, -0.2) is 45.3 Å². The molecule has 30 heavy (non-hydrogen) atoms. The third-order valence-electron chi connectivity index (χ3n) is 5.01. The zero-order valence-electron chi connectivity index (χ0n) is 16.4. The summed E-state index contributed by atoms with van der Waals surface area (Å²) < 4.78 is 5.18. The Labute approximate surface area is 172 Å². The highest BCUT2D eigenvalue weighted by Gasteiger charge is 2.38. The van der Waals surface area contributed by atoms with Crippen molar-refractivity contribution in [3.05, 3.63) is 54.2 Å². The van der Waals surface area contributed by atoms with E-state index in [1.807, 2.05) is 24.3 Å². The fraction of sp³-hybridized carbons (Fsp3) is 0.333. The molecule has 9 nitrogen and oxygen atoms in total. The number of urea groups is 1. The molecule has 2 aromatic heterocycles. The number of carbonyl (C=O) groups excluding carboxylic acids is 3. The Morgan fingerprint density at radius 3 is 2.87 bits per heavy atom. The van der Waals surface area contributed by atoms with Crippen LogP contribution in [0.2, 0.25) is 0 Å². The molecule has 156 valence electrons. The van der Waals surface area contributed by atoms with E-state index in [1.165, 1.54) is 6.26 Å². The molecule has 3 N–H and O–H groups in total. The van der Waals surface area contributed by atoms with Gasteiger partial charge in [0.25, 0.3) is 5.91 Å². The van der Waals surface area contributed by atoms with E-state index in [2.05, 4.69) is 20.6 Å². The number of rotatable bonds is 9. The number of furan rings is 1. The molecule has 1 aromatic carbocycles. The molecular formula is C21H23N5O4. The number of amides is 4. The van der Waals surface area contributed by atoms with Gasteiger partial charge in [-0.05, 0) is 37.1 Å². The van der Waals surface area contributed by atoms with Gasteiger partial charge in [-0.2, -0.15) is 0 Å². The normalized spacial score (nSPS) is 16.3. The van der Waals surface area contributed by atoms with Gasteiger partial charge in [0, 0.05) is 19.4 Å². The van der Waals surface area contributed by atoms with Gasteiger partial charge >= 0.3 is 6.03 Å². The lowest BCUT2D eigenvalue weighted by Crippen LogP contribution is -2.32. The third-order valence-corrected chi connectivity index (χ3v) is 5.01. The van der Waals surface area contributed by atoms with Gasteiger partial charge in [0.05, 0.1) is 23.8 Å². The highest BCUT2D eigenvalue weighted by atomic mass is 16.3. The minimum absolute atomic E-state index is 0.0855. The number of imidazole rings is 1. The molecule has 3 heterocycles. The summed E-state index contributed by atoms with van der Waals surface area (Å²) in [7, 11) is 0.